The molecule has 16 heavy (non-hydrogen) atoms. The molecule has 1 aromatic heterocycles. The van der Waals surface area contributed by atoms with Crippen molar-refractivity contribution in [1.29, 1.82) is 0 Å². The number of nitrogens with zero attached hydrogens (tertiary/aromatic N) is 1. The second-order valence-electron chi connectivity index (χ2n) is 6.61. The largest absolute Gasteiger partial charge is 0.310 e. The third-order valence-corrected chi connectivity index (χ3v) is 3.11. The third-order valence-electron chi connectivity index (χ3n) is 3.11. The van der Waals surface area contributed by atoms with Crippen LogP contribution in [0, 0.1) is 5.41 Å². The number of rotatable bonds is 0. The van der Waals surface area contributed by atoms with Gasteiger partial charge in [-0.25, -0.2) is 4.98 Å². The number of H-pyrrole nitrogens is 1. The maximum absolute atomic E-state index is 12.0. The molecule has 0 bridgehead atoms. The summed E-state index contributed by atoms with van der Waals surface area (Å²) in [4.78, 5) is 19.5. The van der Waals surface area contributed by atoms with Gasteiger partial charge in [0.2, 0.25) is 0 Å². The van der Waals surface area contributed by atoms with Gasteiger partial charge in [0, 0.05) is 11.0 Å². The van der Waals surface area contributed by atoms with Gasteiger partial charge in [0.1, 0.15) is 5.82 Å². The predicted molar refractivity (Wildman–Crippen MR) is 64.7 cm³/mol. The second-order valence-corrected chi connectivity index (χ2v) is 6.61. The van der Waals surface area contributed by atoms with Gasteiger partial charge in [0.05, 0.1) is 5.69 Å². The summed E-state index contributed by atoms with van der Waals surface area (Å²) < 4.78 is 0. The highest BCUT2D eigenvalue weighted by molar-refractivity contribution is 5.27. The Morgan fingerprint density at radius 1 is 1.25 bits per heavy atom. The van der Waals surface area contributed by atoms with E-state index < -0.39 is 0 Å². The summed E-state index contributed by atoms with van der Waals surface area (Å²) in [7, 11) is 0. The van der Waals surface area contributed by atoms with Gasteiger partial charge in [-0.3, -0.25) is 4.79 Å². The molecule has 3 nitrogen and oxygen atoms in total. The molecule has 0 aliphatic heterocycles. The molecule has 0 unspecified atom stereocenters. The molecule has 3 heteroatoms. The average molecular weight is 220 g/mol. The fourth-order valence-corrected chi connectivity index (χ4v) is 2.22. The average Bonchev–Trinajstić information content (AvgIpc) is 2.38. The lowest BCUT2D eigenvalue weighted by Gasteiger charge is -2.17. The van der Waals surface area contributed by atoms with Crippen LogP contribution in [0.5, 0.6) is 0 Å². The quantitative estimate of drug-likeness (QED) is 0.728. The number of hydrogen-bond acceptors (Lipinski definition) is 2. The van der Waals surface area contributed by atoms with Gasteiger partial charge in [-0.2, -0.15) is 0 Å². The number of fused-ring (bicyclic) bond motifs is 1. The molecular weight excluding hydrogens is 200 g/mol. The summed E-state index contributed by atoms with van der Waals surface area (Å²) in [5.74, 6) is 0.800. The topological polar surface area (TPSA) is 45.8 Å². The molecule has 0 fully saturated rings. The standard InChI is InChI=1S/C13H20N2O/c1-12(2,3)11-14-9-7-13(4,5)6-8(9)10(16)15-11/h6-7H2,1-5H3,(H,14,15,16). The van der Waals surface area contributed by atoms with Crippen molar-refractivity contribution < 1.29 is 0 Å². The first-order valence-electron chi connectivity index (χ1n) is 5.82. The van der Waals surface area contributed by atoms with Crippen molar-refractivity contribution in [2.24, 2.45) is 5.41 Å². The van der Waals surface area contributed by atoms with Crippen molar-refractivity contribution in [1.82, 2.24) is 9.97 Å². The number of hydrogen-bond donors (Lipinski definition) is 1. The van der Waals surface area contributed by atoms with E-state index in [1.165, 1.54) is 0 Å². The third kappa shape index (κ3) is 1.91. The number of aromatic amines is 1. The zero-order valence-electron chi connectivity index (χ0n) is 10.8. The Hall–Kier alpha value is -1.12. The molecule has 88 valence electrons. The van der Waals surface area contributed by atoms with Crippen LogP contribution in [0.3, 0.4) is 0 Å². The molecule has 0 saturated heterocycles. The molecule has 1 heterocycles. The van der Waals surface area contributed by atoms with Gasteiger partial charge in [-0.05, 0) is 18.3 Å². The Labute approximate surface area is 96.3 Å². The van der Waals surface area contributed by atoms with E-state index in [4.69, 9.17) is 0 Å². The molecule has 0 amide bonds. The second kappa shape index (κ2) is 3.19. The minimum atomic E-state index is -0.0963. The molecule has 1 aliphatic carbocycles. The van der Waals surface area contributed by atoms with Crippen LogP contribution in [-0.4, -0.2) is 9.97 Å². The van der Waals surface area contributed by atoms with E-state index in [1.807, 2.05) is 0 Å². The van der Waals surface area contributed by atoms with Crippen molar-refractivity contribution in [3.63, 3.8) is 0 Å². The van der Waals surface area contributed by atoms with Gasteiger partial charge >= 0.3 is 0 Å². The minimum absolute atomic E-state index is 0.0560. The fraction of sp³-hybridized carbons (Fsp3) is 0.692. The van der Waals surface area contributed by atoms with Crippen molar-refractivity contribution >= 4 is 0 Å². The molecule has 0 saturated carbocycles. The van der Waals surface area contributed by atoms with E-state index >= 15 is 0 Å². The summed E-state index contributed by atoms with van der Waals surface area (Å²) in [6.07, 6.45) is 1.75. The molecule has 0 radical (unpaired) electrons. The van der Waals surface area contributed by atoms with E-state index in [0.29, 0.717) is 0 Å². The highest BCUT2D eigenvalue weighted by atomic mass is 16.1. The van der Waals surface area contributed by atoms with E-state index in [-0.39, 0.29) is 16.4 Å². The summed E-state index contributed by atoms with van der Waals surface area (Å²) in [5, 5.41) is 0. The maximum Gasteiger partial charge on any atom is 0.254 e. The van der Waals surface area contributed by atoms with Crippen molar-refractivity contribution in [2.75, 3.05) is 0 Å². The van der Waals surface area contributed by atoms with Crippen molar-refractivity contribution in [3.8, 4) is 0 Å². The Balaban J connectivity index is 2.55. The first-order valence-corrected chi connectivity index (χ1v) is 5.82. The van der Waals surface area contributed by atoms with Crippen LogP contribution in [0.15, 0.2) is 4.79 Å². The van der Waals surface area contributed by atoms with E-state index in [1.54, 1.807) is 0 Å². The van der Waals surface area contributed by atoms with E-state index in [9.17, 15) is 4.79 Å². The van der Waals surface area contributed by atoms with Crippen LogP contribution in [0.2, 0.25) is 0 Å². The summed E-state index contributed by atoms with van der Waals surface area (Å²) >= 11 is 0. The van der Waals surface area contributed by atoms with Gasteiger partial charge in [0.25, 0.3) is 5.56 Å². The Bertz CT molecular complexity index is 478. The molecule has 1 N–H and O–H groups in total. The van der Waals surface area contributed by atoms with Gasteiger partial charge in [-0.15, -0.1) is 0 Å². The van der Waals surface area contributed by atoms with Crippen LogP contribution < -0.4 is 5.56 Å². The zero-order valence-corrected chi connectivity index (χ0v) is 10.8. The molecule has 1 aliphatic rings. The smallest absolute Gasteiger partial charge is 0.254 e. The predicted octanol–water partition coefficient (Wildman–Crippen LogP) is 2.19. The zero-order chi connectivity index (χ0) is 12.1. The van der Waals surface area contributed by atoms with Crippen LogP contribution in [0.1, 0.15) is 51.7 Å². The Morgan fingerprint density at radius 3 is 2.44 bits per heavy atom. The highest BCUT2D eigenvalue weighted by Gasteiger charge is 2.33. The van der Waals surface area contributed by atoms with Crippen LogP contribution in [0.25, 0.3) is 0 Å². The SMILES string of the molecule is CC1(C)Cc2nc(C(C)(C)C)[nH]c(=O)c2C1. The number of nitrogens with one attached hydrogen (secondary N) is 1. The molecular formula is C13H20N2O. The molecule has 0 atom stereocenters. The van der Waals surface area contributed by atoms with Gasteiger partial charge in [-0.1, -0.05) is 34.6 Å². The molecule has 1 aromatic rings. The molecule has 2 rings (SSSR count). The summed E-state index contributed by atoms with van der Waals surface area (Å²) in [6, 6.07) is 0. The van der Waals surface area contributed by atoms with Gasteiger partial charge in [0.15, 0.2) is 0 Å². The van der Waals surface area contributed by atoms with Crippen LogP contribution >= 0.6 is 0 Å². The lowest BCUT2D eigenvalue weighted by atomic mass is 9.91. The van der Waals surface area contributed by atoms with Crippen LogP contribution in [-0.2, 0) is 18.3 Å². The Morgan fingerprint density at radius 2 is 1.88 bits per heavy atom. The maximum atomic E-state index is 12.0. The monoisotopic (exact) mass is 220 g/mol. The van der Waals surface area contributed by atoms with E-state index in [2.05, 4.69) is 44.6 Å². The fourth-order valence-electron chi connectivity index (χ4n) is 2.22. The minimum Gasteiger partial charge on any atom is -0.310 e. The summed E-state index contributed by atoms with van der Waals surface area (Å²) in [5.41, 5.74) is 2.02. The lowest BCUT2D eigenvalue weighted by Crippen LogP contribution is -2.24. The van der Waals surface area contributed by atoms with E-state index in [0.717, 1.165) is 29.9 Å². The first-order chi connectivity index (χ1) is 7.19. The number of aromatic nitrogens is 2. The Kier molecular flexibility index (Phi) is 2.26. The van der Waals surface area contributed by atoms with Crippen LogP contribution in [0.4, 0.5) is 0 Å². The van der Waals surface area contributed by atoms with Crippen molar-refractivity contribution in [2.45, 2.75) is 52.9 Å². The molecule has 0 spiro atoms. The summed E-state index contributed by atoms with van der Waals surface area (Å²) in [6.45, 7) is 10.6. The normalized spacial score (nSPS) is 18.6. The lowest BCUT2D eigenvalue weighted by molar-refractivity contribution is 0.390. The first kappa shape index (κ1) is 11.4. The van der Waals surface area contributed by atoms with Gasteiger partial charge < -0.3 is 4.98 Å². The highest BCUT2D eigenvalue weighted by Crippen LogP contribution is 2.33. The van der Waals surface area contributed by atoms with Crippen molar-refractivity contribution in [3.05, 3.63) is 27.4 Å². The molecule has 0 aromatic carbocycles.